The van der Waals surface area contributed by atoms with Gasteiger partial charge in [-0.2, -0.15) is 0 Å². The summed E-state index contributed by atoms with van der Waals surface area (Å²) in [4.78, 5) is 8.20. The Morgan fingerprint density at radius 2 is 1.41 bits per heavy atom. The normalized spacial score (nSPS) is 11.1. The quantitative estimate of drug-likeness (QED) is 0.448. The van der Waals surface area contributed by atoms with Crippen LogP contribution < -0.4 is 10.2 Å². The maximum absolute atomic E-state index is 4.10. The van der Waals surface area contributed by atoms with E-state index in [1.54, 1.807) is 12.4 Å². The molecule has 0 saturated carbocycles. The molecule has 2 rings (SSSR count). The number of hydrogen-bond donors (Lipinski definition) is 0. The van der Waals surface area contributed by atoms with Crippen molar-refractivity contribution in [2.24, 2.45) is 9.98 Å². The molecule has 2 heterocycles. The summed E-state index contributed by atoms with van der Waals surface area (Å²) in [7, 11) is 0. The van der Waals surface area contributed by atoms with Gasteiger partial charge < -0.3 is 20.4 Å². The van der Waals surface area contributed by atoms with Crippen molar-refractivity contribution in [3.8, 4) is 0 Å². The Bertz CT molecular complexity index is 402. The molecule has 17 heavy (non-hydrogen) atoms. The fourth-order valence-electron chi connectivity index (χ4n) is 0.926. The smallest absolute Gasteiger partial charge is 0.358 e. The topological polar surface area (TPSA) is 104 Å². The third kappa shape index (κ3) is 4.77. The van der Waals surface area contributed by atoms with Gasteiger partial charge >= 0.3 is 21.1 Å². The van der Waals surface area contributed by atoms with E-state index in [-0.39, 0.29) is 21.1 Å². The zero-order chi connectivity index (χ0) is 11.1. The number of rotatable bonds is 5. The molecule has 90 valence electrons. The average Bonchev–Trinajstić information content (AvgIpc) is 2.96. The molecule has 2 aromatic heterocycles. The van der Waals surface area contributed by atoms with Crippen molar-refractivity contribution in [2.75, 3.05) is 13.1 Å². The molecule has 0 aromatic carbocycles. The van der Waals surface area contributed by atoms with Crippen LogP contribution >= 0.6 is 0 Å². The summed E-state index contributed by atoms with van der Waals surface area (Å²) in [6.45, 7) is 1.15. The van der Waals surface area contributed by atoms with Gasteiger partial charge in [-0.1, -0.05) is 12.4 Å². The van der Waals surface area contributed by atoms with Crippen LogP contribution in [0.2, 0.25) is 0 Å². The van der Waals surface area contributed by atoms with Gasteiger partial charge in [0.15, 0.2) is 0 Å². The van der Waals surface area contributed by atoms with Crippen molar-refractivity contribution >= 4 is 12.4 Å². The van der Waals surface area contributed by atoms with Crippen molar-refractivity contribution in [3.63, 3.8) is 0 Å². The van der Waals surface area contributed by atoms with Gasteiger partial charge in [0.2, 0.25) is 0 Å². The number of hydrogen-bond acceptors (Lipinski definition) is 6. The fraction of sp³-hybridized carbons (Fsp3) is 0.250. The molecule has 0 spiro atoms. The molecule has 0 atom stereocenters. The van der Waals surface area contributed by atoms with Gasteiger partial charge in [0.1, 0.15) is 0 Å². The summed E-state index contributed by atoms with van der Waals surface area (Å²) < 4.78 is 0. The molecular formula is C8H8N8Pt. The molecule has 0 aliphatic rings. The summed E-state index contributed by atoms with van der Waals surface area (Å²) in [6, 6.07) is 0. The Hall–Kier alpha value is -1.69. The third-order valence-corrected chi connectivity index (χ3v) is 1.61. The molecule has 0 N–H and O–H groups in total. The first-order chi connectivity index (χ1) is 7.95. The Morgan fingerprint density at radius 3 is 1.76 bits per heavy atom. The van der Waals surface area contributed by atoms with E-state index in [0.717, 1.165) is 0 Å². The molecular weight excluding hydrogens is 403 g/mol. The predicted octanol–water partition coefficient (Wildman–Crippen LogP) is -1.28. The summed E-state index contributed by atoms with van der Waals surface area (Å²) in [6.07, 6.45) is 6.30. The first-order valence-corrected chi connectivity index (χ1v) is 4.57. The molecule has 0 unspecified atom stereocenters. The monoisotopic (exact) mass is 411 g/mol. The fourth-order valence-corrected chi connectivity index (χ4v) is 0.926. The van der Waals surface area contributed by atoms with Gasteiger partial charge in [0.25, 0.3) is 0 Å². The van der Waals surface area contributed by atoms with E-state index in [9.17, 15) is 0 Å². The molecule has 0 fully saturated rings. The minimum absolute atomic E-state index is 0. The van der Waals surface area contributed by atoms with Gasteiger partial charge in [-0.15, -0.1) is 0 Å². The number of nitrogens with zero attached hydrogens (tertiary/aromatic N) is 8. The van der Waals surface area contributed by atoms with Gasteiger partial charge in [0, 0.05) is 12.4 Å². The summed E-state index contributed by atoms with van der Waals surface area (Å²) in [5.74, 6) is 0. The molecule has 2 aromatic rings. The van der Waals surface area contributed by atoms with Crippen LogP contribution in [0.25, 0.3) is 0 Å². The number of aromatic nitrogens is 6. The Balaban J connectivity index is 0.00000144. The second kappa shape index (κ2) is 7.56. The maximum atomic E-state index is 4.10. The zero-order valence-corrected chi connectivity index (χ0v) is 10.9. The largest absolute Gasteiger partial charge is 2.00 e. The minimum Gasteiger partial charge on any atom is -0.358 e. The van der Waals surface area contributed by atoms with Gasteiger partial charge in [-0.25, -0.2) is 0 Å². The Labute approximate surface area is 111 Å². The van der Waals surface area contributed by atoms with E-state index in [4.69, 9.17) is 0 Å². The first-order valence-electron chi connectivity index (χ1n) is 4.57. The molecule has 0 bridgehead atoms. The van der Waals surface area contributed by atoms with Crippen LogP contribution in [0, 0.1) is 0 Å². The molecule has 0 amide bonds. The second-order valence-corrected chi connectivity index (χ2v) is 2.79. The van der Waals surface area contributed by atoms with Crippen LogP contribution in [0.5, 0.6) is 0 Å². The molecule has 9 heteroatoms. The van der Waals surface area contributed by atoms with E-state index in [1.165, 1.54) is 12.4 Å². The van der Waals surface area contributed by atoms with Crippen LogP contribution in [0.4, 0.5) is 0 Å². The van der Waals surface area contributed by atoms with E-state index in [2.05, 4.69) is 40.8 Å². The Kier molecular flexibility index (Phi) is 5.95. The zero-order valence-electron chi connectivity index (χ0n) is 8.62. The van der Waals surface area contributed by atoms with Gasteiger partial charge in [-0.05, 0) is 11.4 Å². The molecule has 0 aliphatic heterocycles. The molecule has 8 nitrogen and oxygen atoms in total. The van der Waals surface area contributed by atoms with Crippen LogP contribution in [-0.4, -0.2) is 46.1 Å². The van der Waals surface area contributed by atoms with Crippen LogP contribution in [0.1, 0.15) is 11.4 Å². The average molecular weight is 411 g/mol. The van der Waals surface area contributed by atoms with Crippen LogP contribution in [0.15, 0.2) is 22.4 Å². The van der Waals surface area contributed by atoms with Crippen LogP contribution in [-0.2, 0) is 21.1 Å². The summed E-state index contributed by atoms with van der Waals surface area (Å²) in [5.41, 5.74) is 1.30. The summed E-state index contributed by atoms with van der Waals surface area (Å²) >= 11 is 0. The molecule has 0 radical (unpaired) electrons. The Morgan fingerprint density at radius 1 is 0.941 bits per heavy atom. The molecule has 0 aliphatic carbocycles. The summed E-state index contributed by atoms with van der Waals surface area (Å²) in [5, 5.41) is 21.4. The predicted molar refractivity (Wildman–Crippen MR) is 55.6 cm³/mol. The standard InChI is InChI=1S/C8H8N8.Pt/c1(9-3-7-5-11-15-13-7)2-10-4-8-6-12-16-14-8;/h3-6H,1-2H2;/q-2;+2. The first kappa shape index (κ1) is 13.4. The minimum atomic E-state index is 0. The van der Waals surface area contributed by atoms with Crippen molar-refractivity contribution in [3.05, 3.63) is 23.8 Å². The van der Waals surface area contributed by atoms with Crippen molar-refractivity contribution < 1.29 is 21.1 Å². The van der Waals surface area contributed by atoms with Gasteiger partial charge in [0.05, 0.1) is 13.1 Å². The van der Waals surface area contributed by atoms with E-state index in [1.807, 2.05) is 0 Å². The third-order valence-electron chi connectivity index (χ3n) is 1.61. The van der Waals surface area contributed by atoms with Crippen molar-refractivity contribution in [1.82, 2.24) is 30.8 Å². The van der Waals surface area contributed by atoms with Crippen molar-refractivity contribution in [1.29, 1.82) is 0 Å². The maximum Gasteiger partial charge on any atom is 2.00 e. The number of aliphatic imine (C=N–C) groups is 2. The second-order valence-electron chi connectivity index (χ2n) is 2.79. The van der Waals surface area contributed by atoms with E-state index >= 15 is 0 Å². The SMILES string of the molecule is C(=NCCN=Cc1cnn[n-]1)c1cnn[n-]1.[Pt+2]. The van der Waals surface area contributed by atoms with E-state index in [0.29, 0.717) is 24.5 Å². The van der Waals surface area contributed by atoms with Crippen molar-refractivity contribution in [2.45, 2.75) is 0 Å². The molecule has 0 saturated heterocycles. The van der Waals surface area contributed by atoms with E-state index < -0.39 is 0 Å². The van der Waals surface area contributed by atoms with Gasteiger partial charge in [-0.3, -0.25) is 20.4 Å². The van der Waals surface area contributed by atoms with Crippen LogP contribution in [0.3, 0.4) is 0 Å².